The Kier molecular flexibility index (Phi) is 3.91. The first kappa shape index (κ1) is 11.8. The molecule has 0 saturated carbocycles. The highest BCUT2D eigenvalue weighted by molar-refractivity contribution is 6.17. The monoisotopic (exact) mass is 230 g/mol. The molecule has 0 radical (unpaired) electrons. The van der Waals surface area contributed by atoms with E-state index in [0.717, 1.165) is 0 Å². The molecule has 2 unspecified atom stereocenters. The van der Waals surface area contributed by atoms with Gasteiger partial charge in [-0.15, -0.1) is 11.6 Å². The van der Waals surface area contributed by atoms with Crippen LogP contribution in [0.4, 0.5) is 5.82 Å². The lowest BCUT2D eigenvalue weighted by Crippen LogP contribution is -2.19. The highest BCUT2D eigenvalue weighted by Gasteiger charge is 2.24. The zero-order valence-corrected chi connectivity index (χ0v) is 8.57. The predicted octanol–water partition coefficient (Wildman–Crippen LogP) is -0.113. The standard InChI is InChI=1S/C8H11ClN4O2/c9-2-1-5(14)7(15)6-4(3-10)8(11)13-12-6/h5,7,14-15H,1-2H2,(H3,11,12,13). The van der Waals surface area contributed by atoms with Crippen molar-refractivity contribution in [3.63, 3.8) is 0 Å². The molecule has 1 rings (SSSR count). The van der Waals surface area contributed by atoms with Crippen molar-refractivity contribution in [2.24, 2.45) is 0 Å². The normalized spacial score (nSPS) is 14.5. The van der Waals surface area contributed by atoms with Crippen LogP contribution < -0.4 is 5.73 Å². The van der Waals surface area contributed by atoms with Crippen molar-refractivity contribution in [2.45, 2.75) is 18.6 Å². The third-order valence-electron chi connectivity index (χ3n) is 2.00. The molecule has 6 nitrogen and oxygen atoms in total. The summed E-state index contributed by atoms with van der Waals surface area (Å²) in [6.45, 7) is 0. The summed E-state index contributed by atoms with van der Waals surface area (Å²) in [5.74, 6) is 0.216. The van der Waals surface area contributed by atoms with Crippen molar-refractivity contribution in [3.8, 4) is 6.07 Å². The summed E-state index contributed by atoms with van der Waals surface area (Å²) in [6, 6.07) is 1.80. The van der Waals surface area contributed by atoms with E-state index in [2.05, 4.69) is 10.2 Å². The average Bonchev–Trinajstić information content (AvgIpc) is 2.58. The first-order valence-corrected chi connectivity index (χ1v) is 4.81. The Morgan fingerprint density at radius 3 is 2.80 bits per heavy atom. The second-order valence-electron chi connectivity index (χ2n) is 3.00. The summed E-state index contributed by atoms with van der Waals surface area (Å²) in [6.07, 6.45) is -2.07. The van der Waals surface area contributed by atoms with E-state index in [1.54, 1.807) is 6.07 Å². The van der Waals surface area contributed by atoms with Gasteiger partial charge >= 0.3 is 0 Å². The van der Waals surface area contributed by atoms with E-state index in [0.29, 0.717) is 0 Å². The number of nitrogens with one attached hydrogen (secondary N) is 1. The van der Waals surface area contributed by atoms with Crippen molar-refractivity contribution in [1.82, 2.24) is 10.2 Å². The molecule has 0 aromatic carbocycles. The first-order chi connectivity index (χ1) is 7.11. The van der Waals surface area contributed by atoms with Gasteiger partial charge in [-0.25, -0.2) is 0 Å². The van der Waals surface area contributed by atoms with Crippen LogP contribution in [0.1, 0.15) is 23.8 Å². The van der Waals surface area contributed by atoms with Crippen molar-refractivity contribution >= 4 is 17.4 Å². The lowest BCUT2D eigenvalue weighted by Gasteiger charge is -2.15. The van der Waals surface area contributed by atoms with Gasteiger partial charge < -0.3 is 15.9 Å². The third-order valence-corrected chi connectivity index (χ3v) is 2.22. The fourth-order valence-corrected chi connectivity index (χ4v) is 1.39. The minimum atomic E-state index is -1.23. The largest absolute Gasteiger partial charge is 0.390 e. The molecule has 1 aromatic heterocycles. The van der Waals surface area contributed by atoms with Crippen LogP contribution in [0, 0.1) is 11.3 Å². The van der Waals surface area contributed by atoms with Gasteiger partial charge in [-0.1, -0.05) is 0 Å². The van der Waals surface area contributed by atoms with Crippen LogP contribution in [0.2, 0.25) is 0 Å². The Bertz CT molecular complexity index is 373. The number of hydrogen-bond donors (Lipinski definition) is 4. The Labute approximate surface area is 91.3 Å². The molecule has 2 atom stereocenters. The number of anilines is 1. The van der Waals surface area contributed by atoms with E-state index in [4.69, 9.17) is 22.6 Å². The third kappa shape index (κ3) is 2.39. The number of aromatic nitrogens is 2. The zero-order chi connectivity index (χ0) is 11.4. The molecule has 0 amide bonds. The Morgan fingerprint density at radius 2 is 2.27 bits per heavy atom. The number of H-pyrrole nitrogens is 1. The number of aromatic amines is 1. The molecule has 0 fully saturated rings. The van der Waals surface area contributed by atoms with Gasteiger partial charge in [0.1, 0.15) is 17.7 Å². The SMILES string of the molecule is N#Cc1c(N)n[nH]c1C(O)C(O)CCCl. The Hall–Kier alpha value is -1.29. The summed E-state index contributed by atoms with van der Waals surface area (Å²) < 4.78 is 0. The highest BCUT2D eigenvalue weighted by Crippen LogP contribution is 2.23. The Morgan fingerprint density at radius 1 is 1.60 bits per heavy atom. The number of halogens is 1. The van der Waals surface area contributed by atoms with Crippen LogP contribution in [0.15, 0.2) is 0 Å². The molecule has 5 N–H and O–H groups in total. The fourth-order valence-electron chi connectivity index (χ4n) is 1.16. The van der Waals surface area contributed by atoms with Crippen LogP contribution >= 0.6 is 11.6 Å². The number of hydrogen-bond acceptors (Lipinski definition) is 5. The van der Waals surface area contributed by atoms with Crippen molar-refractivity contribution in [1.29, 1.82) is 5.26 Å². The van der Waals surface area contributed by atoms with Gasteiger partial charge in [-0.05, 0) is 6.42 Å². The van der Waals surface area contributed by atoms with E-state index in [1.807, 2.05) is 0 Å². The van der Waals surface area contributed by atoms with E-state index in [-0.39, 0.29) is 29.4 Å². The zero-order valence-electron chi connectivity index (χ0n) is 7.81. The maximum absolute atomic E-state index is 9.66. The second kappa shape index (κ2) is 4.98. The van der Waals surface area contributed by atoms with E-state index in [9.17, 15) is 10.2 Å². The molecule has 0 aliphatic heterocycles. The molecule has 82 valence electrons. The molecular formula is C8H11ClN4O2. The van der Waals surface area contributed by atoms with Crippen LogP contribution in [0.3, 0.4) is 0 Å². The summed E-state index contributed by atoms with van der Waals surface area (Å²) in [5, 5.41) is 33.9. The number of nitrogen functional groups attached to an aromatic ring is 1. The number of aliphatic hydroxyl groups excluding tert-OH is 2. The molecule has 1 heterocycles. The molecule has 1 aromatic rings. The number of nitriles is 1. The highest BCUT2D eigenvalue weighted by atomic mass is 35.5. The van der Waals surface area contributed by atoms with Crippen molar-refractivity contribution in [2.75, 3.05) is 11.6 Å². The molecule has 0 bridgehead atoms. The average molecular weight is 231 g/mol. The van der Waals surface area contributed by atoms with Crippen molar-refractivity contribution in [3.05, 3.63) is 11.3 Å². The molecule has 0 aliphatic carbocycles. The first-order valence-electron chi connectivity index (χ1n) is 4.27. The summed E-state index contributed by atoms with van der Waals surface area (Å²) in [7, 11) is 0. The van der Waals surface area contributed by atoms with Gasteiger partial charge in [0.15, 0.2) is 5.82 Å². The van der Waals surface area contributed by atoms with Gasteiger partial charge in [-0.3, -0.25) is 5.10 Å². The van der Waals surface area contributed by atoms with Crippen molar-refractivity contribution < 1.29 is 10.2 Å². The lowest BCUT2D eigenvalue weighted by atomic mass is 10.1. The molecule has 15 heavy (non-hydrogen) atoms. The number of rotatable bonds is 4. The molecule has 7 heteroatoms. The summed E-state index contributed by atoms with van der Waals surface area (Å²) in [4.78, 5) is 0. The minimum absolute atomic E-state index is 0.00428. The topological polar surface area (TPSA) is 119 Å². The predicted molar refractivity (Wildman–Crippen MR) is 54.0 cm³/mol. The molecule has 0 spiro atoms. The number of aliphatic hydroxyl groups is 2. The van der Waals surface area contributed by atoms with Gasteiger partial charge in [0.25, 0.3) is 0 Å². The van der Waals surface area contributed by atoms with E-state index < -0.39 is 12.2 Å². The molecular weight excluding hydrogens is 220 g/mol. The van der Waals surface area contributed by atoms with E-state index in [1.165, 1.54) is 0 Å². The number of nitrogens with two attached hydrogens (primary N) is 1. The molecule has 0 saturated heterocycles. The maximum Gasteiger partial charge on any atom is 0.163 e. The second-order valence-corrected chi connectivity index (χ2v) is 3.38. The maximum atomic E-state index is 9.66. The number of nitrogens with zero attached hydrogens (tertiary/aromatic N) is 2. The van der Waals surface area contributed by atoms with Gasteiger partial charge in [0, 0.05) is 5.88 Å². The lowest BCUT2D eigenvalue weighted by molar-refractivity contribution is 0.0143. The summed E-state index contributed by atoms with van der Waals surface area (Å²) >= 11 is 5.42. The van der Waals surface area contributed by atoms with E-state index >= 15 is 0 Å². The van der Waals surface area contributed by atoms with Crippen LogP contribution in [0.25, 0.3) is 0 Å². The smallest absolute Gasteiger partial charge is 0.163 e. The minimum Gasteiger partial charge on any atom is -0.390 e. The van der Waals surface area contributed by atoms with Crippen LogP contribution in [-0.4, -0.2) is 32.4 Å². The van der Waals surface area contributed by atoms with Crippen LogP contribution in [-0.2, 0) is 0 Å². The summed E-state index contributed by atoms with van der Waals surface area (Å²) in [5.41, 5.74) is 5.55. The molecule has 0 aliphatic rings. The fraction of sp³-hybridized carbons (Fsp3) is 0.500. The van der Waals surface area contributed by atoms with Gasteiger partial charge in [-0.2, -0.15) is 10.4 Å². The van der Waals surface area contributed by atoms with Crippen LogP contribution in [0.5, 0.6) is 0 Å². The number of alkyl halides is 1. The van der Waals surface area contributed by atoms with Gasteiger partial charge in [0.05, 0.1) is 11.8 Å². The Balaban J connectivity index is 2.91. The quantitative estimate of drug-likeness (QED) is 0.538. The van der Waals surface area contributed by atoms with Gasteiger partial charge in [0.2, 0.25) is 0 Å².